The summed E-state index contributed by atoms with van der Waals surface area (Å²) in [5.41, 5.74) is 1.95. The maximum Gasteiger partial charge on any atom is 0.191 e. The molecule has 0 fully saturated rings. The smallest absolute Gasteiger partial charge is 0.191 e. The standard InChI is InChI=1S/C16H23N5O.HI/c1-4-10-18-16(17-2)19-12-13-9-11-21(20-13)14-5-7-15(22-3)8-6-14;/h5-9,11H,4,10,12H2,1-3H3,(H2,17,18,19);1H. The molecule has 0 saturated carbocycles. The molecule has 7 heteroatoms. The number of nitrogens with zero attached hydrogens (tertiary/aromatic N) is 3. The van der Waals surface area contributed by atoms with Crippen LogP contribution in [0.3, 0.4) is 0 Å². The van der Waals surface area contributed by atoms with E-state index in [9.17, 15) is 0 Å². The molecule has 1 aromatic heterocycles. The average molecular weight is 429 g/mol. The zero-order chi connectivity index (χ0) is 15.8. The first-order chi connectivity index (χ1) is 10.8. The molecule has 23 heavy (non-hydrogen) atoms. The van der Waals surface area contributed by atoms with Crippen LogP contribution in [-0.4, -0.2) is 36.4 Å². The van der Waals surface area contributed by atoms with Gasteiger partial charge in [0.1, 0.15) is 5.75 Å². The van der Waals surface area contributed by atoms with E-state index in [0.29, 0.717) is 6.54 Å². The molecule has 0 atom stereocenters. The molecular formula is C16H24IN5O. The second-order valence-corrected chi connectivity index (χ2v) is 4.80. The van der Waals surface area contributed by atoms with Gasteiger partial charge in [-0.2, -0.15) is 5.10 Å². The van der Waals surface area contributed by atoms with Crippen molar-refractivity contribution in [2.75, 3.05) is 20.7 Å². The molecular weight excluding hydrogens is 405 g/mol. The van der Waals surface area contributed by atoms with E-state index in [4.69, 9.17) is 4.74 Å². The lowest BCUT2D eigenvalue weighted by Gasteiger charge is -2.09. The molecule has 0 aliphatic carbocycles. The van der Waals surface area contributed by atoms with Crippen LogP contribution in [0.1, 0.15) is 19.0 Å². The molecule has 126 valence electrons. The van der Waals surface area contributed by atoms with Gasteiger partial charge in [0.05, 0.1) is 25.0 Å². The predicted octanol–water partition coefficient (Wildman–Crippen LogP) is 2.57. The first-order valence-electron chi connectivity index (χ1n) is 7.40. The lowest BCUT2D eigenvalue weighted by Crippen LogP contribution is -2.37. The Morgan fingerprint density at radius 3 is 2.57 bits per heavy atom. The number of halogens is 1. The van der Waals surface area contributed by atoms with Crippen LogP contribution in [-0.2, 0) is 6.54 Å². The Bertz CT molecular complexity index is 609. The molecule has 0 spiro atoms. The summed E-state index contributed by atoms with van der Waals surface area (Å²) in [7, 11) is 3.42. The first kappa shape index (κ1) is 19.3. The third-order valence-electron chi connectivity index (χ3n) is 3.18. The third-order valence-corrected chi connectivity index (χ3v) is 3.18. The van der Waals surface area contributed by atoms with E-state index < -0.39 is 0 Å². The van der Waals surface area contributed by atoms with Crippen LogP contribution in [0.25, 0.3) is 5.69 Å². The highest BCUT2D eigenvalue weighted by Gasteiger charge is 2.03. The van der Waals surface area contributed by atoms with Crippen molar-refractivity contribution in [1.29, 1.82) is 0 Å². The van der Waals surface area contributed by atoms with Crippen molar-refractivity contribution >= 4 is 29.9 Å². The minimum Gasteiger partial charge on any atom is -0.497 e. The van der Waals surface area contributed by atoms with E-state index >= 15 is 0 Å². The number of hydrogen-bond acceptors (Lipinski definition) is 3. The average Bonchev–Trinajstić information content (AvgIpc) is 3.04. The number of aromatic nitrogens is 2. The monoisotopic (exact) mass is 429 g/mol. The van der Waals surface area contributed by atoms with Gasteiger partial charge < -0.3 is 15.4 Å². The quantitative estimate of drug-likeness (QED) is 0.421. The molecule has 1 aromatic carbocycles. The van der Waals surface area contributed by atoms with Gasteiger partial charge in [-0.25, -0.2) is 4.68 Å². The van der Waals surface area contributed by atoms with Crippen molar-refractivity contribution in [2.24, 2.45) is 4.99 Å². The highest BCUT2D eigenvalue weighted by Crippen LogP contribution is 2.14. The zero-order valence-corrected chi connectivity index (χ0v) is 16.1. The molecule has 0 unspecified atom stereocenters. The highest BCUT2D eigenvalue weighted by molar-refractivity contribution is 14.0. The van der Waals surface area contributed by atoms with E-state index in [1.54, 1.807) is 14.2 Å². The summed E-state index contributed by atoms with van der Waals surface area (Å²) in [5, 5.41) is 11.0. The van der Waals surface area contributed by atoms with Gasteiger partial charge in [-0.05, 0) is 36.8 Å². The lowest BCUT2D eigenvalue weighted by molar-refractivity contribution is 0.414. The molecule has 1 heterocycles. The van der Waals surface area contributed by atoms with Crippen LogP contribution in [0.4, 0.5) is 0 Å². The SMILES string of the molecule is CCCNC(=NC)NCc1ccn(-c2ccc(OC)cc2)n1.I. The largest absolute Gasteiger partial charge is 0.497 e. The summed E-state index contributed by atoms with van der Waals surface area (Å²) in [4.78, 5) is 4.17. The molecule has 2 aromatic rings. The summed E-state index contributed by atoms with van der Waals surface area (Å²) in [6, 6.07) is 9.79. The molecule has 6 nitrogen and oxygen atoms in total. The number of methoxy groups -OCH3 is 1. The van der Waals surface area contributed by atoms with Gasteiger partial charge in [-0.1, -0.05) is 6.92 Å². The molecule has 0 bridgehead atoms. The first-order valence-corrected chi connectivity index (χ1v) is 7.40. The van der Waals surface area contributed by atoms with Crippen molar-refractivity contribution in [3.8, 4) is 11.4 Å². The van der Waals surface area contributed by atoms with E-state index in [0.717, 1.165) is 36.1 Å². The van der Waals surface area contributed by atoms with Crippen LogP contribution in [0.2, 0.25) is 0 Å². The molecule has 0 amide bonds. The van der Waals surface area contributed by atoms with E-state index in [-0.39, 0.29) is 24.0 Å². The van der Waals surface area contributed by atoms with Crippen LogP contribution < -0.4 is 15.4 Å². The summed E-state index contributed by atoms with van der Waals surface area (Å²) in [6.45, 7) is 3.66. The van der Waals surface area contributed by atoms with Gasteiger partial charge in [0.15, 0.2) is 5.96 Å². The van der Waals surface area contributed by atoms with Crippen molar-refractivity contribution in [3.63, 3.8) is 0 Å². The molecule has 0 aliphatic heterocycles. The normalized spacial score (nSPS) is 10.8. The fraction of sp³-hybridized carbons (Fsp3) is 0.375. The fourth-order valence-corrected chi connectivity index (χ4v) is 1.97. The Morgan fingerprint density at radius 1 is 1.22 bits per heavy atom. The summed E-state index contributed by atoms with van der Waals surface area (Å²) in [6.07, 6.45) is 3.01. The van der Waals surface area contributed by atoms with Crippen molar-refractivity contribution < 1.29 is 4.74 Å². The Labute approximate surface area is 154 Å². The Morgan fingerprint density at radius 2 is 1.96 bits per heavy atom. The number of nitrogens with one attached hydrogen (secondary N) is 2. The Kier molecular flexibility index (Phi) is 8.46. The molecule has 0 radical (unpaired) electrons. The van der Waals surface area contributed by atoms with Crippen LogP contribution in [0.15, 0.2) is 41.5 Å². The minimum atomic E-state index is 0. The summed E-state index contributed by atoms with van der Waals surface area (Å²) < 4.78 is 7.01. The van der Waals surface area contributed by atoms with Gasteiger partial charge in [-0.15, -0.1) is 24.0 Å². The zero-order valence-electron chi connectivity index (χ0n) is 13.7. The van der Waals surface area contributed by atoms with Crippen LogP contribution in [0.5, 0.6) is 5.75 Å². The summed E-state index contributed by atoms with van der Waals surface area (Å²) >= 11 is 0. The van der Waals surface area contributed by atoms with Crippen molar-refractivity contribution in [2.45, 2.75) is 19.9 Å². The number of benzene rings is 1. The fourth-order valence-electron chi connectivity index (χ4n) is 1.97. The van der Waals surface area contributed by atoms with Gasteiger partial charge in [0, 0.05) is 19.8 Å². The lowest BCUT2D eigenvalue weighted by atomic mass is 10.3. The van der Waals surface area contributed by atoms with E-state index in [1.807, 2.05) is 41.2 Å². The number of aliphatic imine (C=N–C) groups is 1. The Hall–Kier alpha value is -1.77. The molecule has 2 rings (SSSR count). The maximum atomic E-state index is 5.16. The number of hydrogen-bond donors (Lipinski definition) is 2. The summed E-state index contributed by atoms with van der Waals surface area (Å²) in [5.74, 6) is 1.63. The molecule has 2 N–H and O–H groups in total. The Balaban J connectivity index is 0.00000264. The van der Waals surface area contributed by atoms with Gasteiger partial charge in [0.25, 0.3) is 0 Å². The van der Waals surface area contributed by atoms with Crippen molar-refractivity contribution in [3.05, 3.63) is 42.2 Å². The highest BCUT2D eigenvalue weighted by atomic mass is 127. The predicted molar refractivity (Wildman–Crippen MR) is 104 cm³/mol. The van der Waals surface area contributed by atoms with Crippen molar-refractivity contribution in [1.82, 2.24) is 20.4 Å². The third kappa shape index (κ3) is 5.74. The van der Waals surface area contributed by atoms with Gasteiger partial charge >= 0.3 is 0 Å². The second kappa shape index (κ2) is 10.1. The van der Waals surface area contributed by atoms with Gasteiger partial charge in [-0.3, -0.25) is 4.99 Å². The van der Waals surface area contributed by atoms with E-state index in [1.165, 1.54) is 0 Å². The minimum absolute atomic E-state index is 0. The molecule has 0 saturated heterocycles. The van der Waals surface area contributed by atoms with E-state index in [2.05, 4.69) is 27.6 Å². The van der Waals surface area contributed by atoms with Crippen LogP contribution in [0, 0.1) is 0 Å². The number of ether oxygens (including phenoxy) is 1. The number of rotatable bonds is 6. The molecule has 0 aliphatic rings. The van der Waals surface area contributed by atoms with Crippen LogP contribution >= 0.6 is 24.0 Å². The number of guanidine groups is 1. The maximum absolute atomic E-state index is 5.16. The van der Waals surface area contributed by atoms with Gasteiger partial charge in [0.2, 0.25) is 0 Å². The second-order valence-electron chi connectivity index (χ2n) is 4.80. The topological polar surface area (TPSA) is 63.5 Å².